The monoisotopic (exact) mass is 1090 g/mol. The van der Waals surface area contributed by atoms with E-state index in [9.17, 15) is 65.4 Å². The molecule has 1 spiro atoms. The number of aliphatic hydroxyl groups excluding tert-OH is 10. The van der Waals surface area contributed by atoms with E-state index in [-0.39, 0.29) is 60.1 Å². The molecule has 5 heterocycles. The summed E-state index contributed by atoms with van der Waals surface area (Å²) in [4.78, 5) is 39.3. The van der Waals surface area contributed by atoms with Crippen LogP contribution >= 0.6 is 0 Å². The van der Waals surface area contributed by atoms with Crippen molar-refractivity contribution in [3.63, 3.8) is 0 Å². The van der Waals surface area contributed by atoms with Gasteiger partial charge in [0, 0.05) is 43.1 Å². The lowest BCUT2D eigenvalue weighted by atomic mass is 9.36. The van der Waals surface area contributed by atoms with Crippen molar-refractivity contribution in [2.45, 2.75) is 221 Å². The van der Waals surface area contributed by atoms with Gasteiger partial charge < -0.3 is 103 Å². The number of hydrogen-bond donors (Lipinski definition) is 10. The van der Waals surface area contributed by atoms with Gasteiger partial charge in [-0.1, -0.05) is 13.8 Å². The predicted octanol–water partition coefficient (Wildman–Crippen LogP) is -1.92. The predicted molar refractivity (Wildman–Crippen MR) is 253 cm³/mol. The molecule has 24 heteroatoms. The van der Waals surface area contributed by atoms with Crippen LogP contribution in [0.3, 0.4) is 0 Å². The number of hydrogen-bond acceptors (Lipinski definition) is 24. The first-order valence-corrected chi connectivity index (χ1v) is 27.3. The third kappa shape index (κ3) is 10.9. The molecule has 4 aliphatic carbocycles. The molecule has 0 aromatic heterocycles. The van der Waals surface area contributed by atoms with E-state index in [4.69, 9.17) is 52.1 Å². The van der Waals surface area contributed by atoms with Gasteiger partial charge in [-0.25, -0.2) is 0 Å². The molecule has 0 amide bonds. The lowest BCUT2D eigenvalue weighted by molar-refractivity contribution is -0.358. The molecule has 28 unspecified atom stereocenters. The Labute approximate surface area is 441 Å². The van der Waals surface area contributed by atoms with Gasteiger partial charge in [0.1, 0.15) is 85.1 Å². The second kappa shape index (κ2) is 23.4. The van der Waals surface area contributed by atoms with Crippen LogP contribution in [0.4, 0.5) is 0 Å². The van der Waals surface area contributed by atoms with Crippen molar-refractivity contribution in [3.8, 4) is 0 Å². The molecule has 4 saturated carbocycles. The Morgan fingerprint density at radius 3 is 1.86 bits per heavy atom. The Balaban J connectivity index is 0.813. The number of carbonyl (C=O) groups is 3. The lowest BCUT2D eigenvalue weighted by Gasteiger charge is -2.67. The lowest BCUT2D eigenvalue weighted by Crippen LogP contribution is -2.66. The number of fused-ring (bicyclic) bond motifs is 3. The number of methoxy groups -OCH3 is 1. The summed E-state index contributed by atoms with van der Waals surface area (Å²) in [7, 11) is 1.48. The molecule has 5 saturated heterocycles. The summed E-state index contributed by atoms with van der Waals surface area (Å²) >= 11 is 0. The molecular weight excluding hydrogens is 1010 g/mol. The van der Waals surface area contributed by atoms with Crippen LogP contribution in [-0.4, -0.2) is 232 Å². The first kappa shape index (κ1) is 58.5. The van der Waals surface area contributed by atoms with Crippen LogP contribution in [0.15, 0.2) is 0 Å². The Kier molecular flexibility index (Phi) is 18.0. The Hall–Kier alpha value is -2.15. The molecule has 0 radical (unpaired) electrons. The number of esters is 2. The molecule has 434 valence electrons. The van der Waals surface area contributed by atoms with Gasteiger partial charge in [0.15, 0.2) is 25.2 Å². The van der Waals surface area contributed by atoms with Gasteiger partial charge in [-0.05, 0) is 87.9 Å². The summed E-state index contributed by atoms with van der Waals surface area (Å²) in [5.74, 6) is 0.225. The Morgan fingerprint density at radius 2 is 1.26 bits per heavy atom. The molecule has 2 bridgehead atoms. The number of carbonyl (C=O) groups excluding carboxylic acids is 3. The van der Waals surface area contributed by atoms with E-state index >= 15 is 0 Å². The highest BCUT2D eigenvalue weighted by atomic mass is 16.8. The van der Waals surface area contributed by atoms with Gasteiger partial charge in [0.05, 0.1) is 57.8 Å². The van der Waals surface area contributed by atoms with Crippen molar-refractivity contribution in [2.75, 3.05) is 40.1 Å². The maximum absolute atomic E-state index is 15.0. The van der Waals surface area contributed by atoms with Crippen molar-refractivity contribution in [3.05, 3.63) is 0 Å². The molecule has 24 nitrogen and oxygen atoms in total. The summed E-state index contributed by atoms with van der Waals surface area (Å²) in [6.07, 6.45) is -20.8. The summed E-state index contributed by atoms with van der Waals surface area (Å²) in [5.41, 5.74) is -1.10. The normalized spacial score (nSPS) is 51.6. The van der Waals surface area contributed by atoms with Crippen molar-refractivity contribution < 1.29 is 118 Å². The quantitative estimate of drug-likeness (QED) is 0.0595. The third-order valence-corrected chi connectivity index (χ3v) is 19.5. The molecule has 0 aromatic carbocycles. The zero-order valence-corrected chi connectivity index (χ0v) is 43.9. The summed E-state index contributed by atoms with van der Waals surface area (Å²) < 4.78 is 64.8. The minimum Gasteiger partial charge on any atom is -0.465 e. The summed E-state index contributed by atoms with van der Waals surface area (Å²) in [5, 5.41) is 105. The minimum atomic E-state index is -1.87. The average molecular weight is 1090 g/mol. The van der Waals surface area contributed by atoms with Gasteiger partial charge >= 0.3 is 11.9 Å². The second-order valence-corrected chi connectivity index (χ2v) is 23.8. The maximum Gasteiger partial charge on any atom is 0.306 e. The van der Waals surface area contributed by atoms with Gasteiger partial charge in [0.25, 0.3) is 0 Å². The van der Waals surface area contributed by atoms with Crippen LogP contribution in [0, 0.1) is 45.8 Å². The van der Waals surface area contributed by atoms with Gasteiger partial charge in [-0.15, -0.1) is 0 Å². The first-order valence-electron chi connectivity index (χ1n) is 27.3. The Bertz CT molecular complexity index is 2020. The average Bonchev–Trinajstić information content (AvgIpc) is 3.86. The highest BCUT2D eigenvalue weighted by molar-refractivity contribution is 5.92. The summed E-state index contributed by atoms with van der Waals surface area (Å²) in [6.45, 7) is 6.21. The molecule has 0 aromatic rings. The molecule has 9 aliphatic rings. The number of aliphatic hydroxyl groups is 10. The van der Waals surface area contributed by atoms with Gasteiger partial charge in [-0.2, -0.15) is 0 Å². The fourth-order valence-corrected chi connectivity index (χ4v) is 15.3. The van der Waals surface area contributed by atoms with Crippen molar-refractivity contribution in [1.82, 2.24) is 0 Å². The molecule has 9 rings (SSSR count). The molecule has 10 N–H and O–H groups in total. The largest absolute Gasteiger partial charge is 0.465 e. The van der Waals surface area contributed by atoms with E-state index in [0.717, 1.165) is 51.4 Å². The molecule has 28 atom stereocenters. The van der Waals surface area contributed by atoms with E-state index in [2.05, 4.69) is 13.8 Å². The highest BCUT2D eigenvalue weighted by Crippen LogP contribution is 2.71. The van der Waals surface area contributed by atoms with Crippen molar-refractivity contribution >= 4 is 17.7 Å². The van der Waals surface area contributed by atoms with Crippen molar-refractivity contribution in [1.29, 1.82) is 0 Å². The van der Waals surface area contributed by atoms with E-state index in [0.29, 0.717) is 25.2 Å². The van der Waals surface area contributed by atoms with Crippen molar-refractivity contribution in [2.24, 2.45) is 45.8 Å². The Morgan fingerprint density at radius 1 is 0.671 bits per heavy atom. The van der Waals surface area contributed by atoms with E-state index < -0.39 is 153 Å². The maximum atomic E-state index is 15.0. The van der Waals surface area contributed by atoms with Crippen LogP contribution in [-0.2, 0) is 66.5 Å². The highest BCUT2D eigenvalue weighted by Gasteiger charge is 2.69. The number of Topliss-reactive ketones (excluding diaryl/α,β-unsaturated/α-hetero) is 1. The molecule has 76 heavy (non-hydrogen) atoms. The van der Waals surface area contributed by atoms with Gasteiger partial charge in [0.2, 0.25) is 0 Å². The van der Waals surface area contributed by atoms with E-state index in [1.807, 2.05) is 0 Å². The zero-order chi connectivity index (χ0) is 54.8. The first-order chi connectivity index (χ1) is 36.0. The third-order valence-electron chi connectivity index (χ3n) is 19.5. The molecule has 5 aliphatic heterocycles. The topological polar surface area (TPSA) is 355 Å². The number of rotatable bonds is 16. The van der Waals surface area contributed by atoms with E-state index in [1.165, 1.54) is 14.0 Å². The standard InChI is InChI=1S/C52H82O24/c1-22-45(76-48-44(64)41(61)38(58)32(75-48)21-70-47-43(63)40(60)37(57)31(74-47)20-69-46-42(62)39(59)36(56)30(17-53)73-46)29(66-5)16-35(71-22)72-28-8-10-51(4)27(26(28)19-67-23(2)54)7-13-52-12-6-25(14-24-15-34(55)68-18-24)50(3,49(52)65)11-9-33(51)52/h22,24-33,35-48,53,56-64H,6-21H2,1-5H3. The van der Waals surface area contributed by atoms with Crippen LogP contribution in [0.1, 0.15) is 98.3 Å². The number of cyclic esters (lactones) is 1. The summed E-state index contributed by atoms with van der Waals surface area (Å²) in [6, 6.07) is 0. The fourth-order valence-electron chi connectivity index (χ4n) is 15.3. The number of ether oxygens (including phenoxy) is 11. The number of ketones is 1. The van der Waals surface area contributed by atoms with Crippen LogP contribution in [0.2, 0.25) is 0 Å². The van der Waals surface area contributed by atoms with E-state index in [1.54, 1.807) is 6.92 Å². The van der Waals surface area contributed by atoms with Crippen LogP contribution < -0.4 is 0 Å². The van der Waals surface area contributed by atoms with Crippen LogP contribution in [0.5, 0.6) is 0 Å². The van der Waals surface area contributed by atoms with Crippen LogP contribution in [0.25, 0.3) is 0 Å². The SMILES string of the molecule is COC1CC(OC2CCC3(C)C(CCC45CCC(CC6COC(=O)C6)C(C)(CCC43)C5=O)C2COC(C)=O)OC(C)C1OC1OC(COC2OC(COC3OC(CO)C(O)C(O)C3O)C(O)C(O)C2O)C(O)C(O)C1O. The zero-order valence-electron chi connectivity index (χ0n) is 43.9. The smallest absolute Gasteiger partial charge is 0.306 e. The van der Waals surface area contributed by atoms with Gasteiger partial charge in [-0.3, -0.25) is 14.4 Å². The minimum absolute atomic E-state index is 0.0850. The second-order valence-electron chi connectivity index (χ2n) is 23.8. The fraction of sp³-hybridized carbons (Fsp3) is 0.942. The molecule has 9 fully saturated rings. The molecular formula is C52H82O24.